The molecule has 0 fully saturated rings. The Bertz CT molecular complexity index is 547. The molecule has 1 aromatic rings. The van der Waals surface area contributed by atoms with E-state index in [9.17, 15) is 35.1 Å². The molecule has 4 N–H and O–H groups in total. The second kappa shape index (κ2) is 5.46. The van der Waals surface area contributed by atoms with Crippen molar-refractivity contribution in [2.45, 2.75) is 0 Å². The van der Waals surface area contributed by atoms with E-state index in [0.29, 0.717) is 12.1 Å². The van der Waals surface area contributed by atoms with Gasteiger partial charge in [-0.1, -0.05) is 0 Å². The van der Waals surface area contributed by atoms with Crippen LogP contribution in [0.3, 0.4) is 0 Å². The first-order valence-electron chi connectivity index (χ1n) is 4.10. The summed E-state index contributed by atoms with van der Waals surface area (Å²) >= 11 is 0. The summed E-state index contributed by atoms with van der Waals surface area (Å²) in [7, 11) is 0. The van der Waals surface area contributed by atoms with Crippen molar-refractivity contribution in [3.8, 4) is 0 Å². The van der Waals surface area contributed by atoms with Crippen molar-refractivity contribution in [3.63, 3.8) is 0 Å². The lowest BCUT2D eigenvalue weighted by molar-refractivity contribution is -0.403. The Balaban J connectivity index is 0.00000324. The maximum Gasteiger partial charge on any atom is 0.349 e. The Morgan fingerprint density at radius 1 is 0.947 bits per heavy atom. The largest absolute Gasteiger partial charge is 0.477 e. The highest BCUT2D eigenvalue weighted by Gasteiger charge is 2.34. The van der Waals surface area contributed by atoms with Crippen molar-refractivity contribution in [1.29, 1.82) is 0 Å². The Labute approximate surface area is 103 Å². The first kappa shape index (κ1) is 15.9. The minimum atomic E-state index is -1.91. The standard InChI is InChI=1S/C7H3N3O8.H3N/c11-7(12)6-4(9(15)16)1-3(8(13)14)2-5(6)10(17)18;/h1-2H,(H,11,12);1H3. The van der Waals surface area contributed by atoms with Crippen LogP contribution in [0.1, 0.15) is 10.4 Å². The van der Waals surface area contributed by atoms with Gasteiger partial charge in [0.25, 0.3) is 17.1 Å². The van der Waals surface area contributed by atoms with E-state index in [2.05, 4.69) is 0 Å². The van der Waals surface area contributed by atoms with Crippen LogP contribution >= 0.6 is 0 Å². The second-order valence-electron chi connectivity index (χ2n) is 2.94. The Morgan fingerprint density at radius 2 is 1.32 bits per heavy atom. The number of benzene rings is 1. The van der Waals surface area contributed by atoms with Crippen molar-refractivity contribution in [1.82, 2.24) is 6.15 Å². The van der Waals surface area contributed by atoms with Crippen LogP contribution in [0.4, 0.5) is 17.1 Å². The van der Waals surface area contributed by atoms with Gasteiger partial charge in [-0.2, -0.15) is 0 Å². The van der Waals surface area contributed by atoms with Crippen molar-refractivity contribution >= 4 is 23.0 Å². The molecule has 12 nitrogen and oxygen atoms in total. The smallest absolute Gasteiger partial charge is 0.349 e. The highest BCUT2D eigenvalue weighted by Crippen LogP contribution is 2.33. The molecular weight excluding hydrogens is 268 g/mol. The number of carboxylic acids is 1. The van der Waals surface area contributed by atoms with Crippen molar-refractivity contribution in [2.75, 3.05) is 0 Å². The van der Waals surface area contributed by atoms with Gasteiger partial charge in [-0.25, -0.2) is 4.79 Å². The minimum absolute atomic E-state index is 0. The normalized spacial score (nSPS) is 9.26. The highest BCUT2D eigenvalue weighted by atomic mass is 16.6. The van der Waals surface area contributed by atoms with Gasteiger partial charge in [-0.15, -0.1) is 0 Å². The maximum absolute atomic E-state index is 10.8. The van der Waals surface area contributed by atoms with Crippen LogP contribution in [-0.4, -0.2) is 25.8 Å². The Morgan fingerprint density at radius 3 is 1.53 bits per heavy atom. The third kappa shape index (κ3) is 2.95. The number of nitro benzene ring substituents is 3. The fraction of sp³-hybridized carbons (Fsp3) is 0. The van der Waals surface area contributed by atoms with E-state index < -0.39 is 43.4 Å². The molecule has 19 heavy (non-hydrogen) atoms. The number of nitrogens with zero attached hydrogens (tertiary/aromatic N) is 3. The zero-order valence-corrected chi connectivity index (χ0v) is 9.01. The quantitative estimate of drug-likeness (QED) is 0.598. The molecule has 0 amide bonds. The molecular formula is C7H6N4O8. The third-order valence-corrected chi connectivity index (χ3v) is 1.90. The number of rotatable bonds is 4. The molecule has 0 atom stereocenters. The number of carboxylic acid groups (broad SMARTS) is 1. The molecule has 0 saturated heterocycles. The van der Waals surface area contributed by atoms with Crippen LogP contribution in [0.2, 0.25) is 0 Å². The second-order valence-corrected chi connectivity index (χ2v) is 2.94. The summed E-state index contributed by atoms with van der Waals surface area (Å²) < 4.78 is 0. The molecule has 1 aromatic carbocycles. The SMILES string of the molecule is N.O=C(O)c1c([N+](=O)[O-])cc([N+](=O)[O-])cc1[N+](=O)[O-]. The fourth-order valence-electron chi connectivity index (χ4n) is 1.21. The number of carbonyl (C=O) groups is 1. The van der Waals surface area contributed by atoms with E-state index in [0.717, 1.165) is 0 Å². The summed E-state index contributed by atoms with van der Waals surface area (Å²) in [5, 5.41) is 40.3. The summed E-state index contributed by atoms with van der Waals surface area (Å²) in [5.41, 5.74) is -4.54. The minimum Gasteiger partial charge on any atom is -0.477 e. The first-order valence-corrected chi connectivity index (χ1v) is 4.10. The van der Waals surface area contributed by atoms with Gasteiger partial charge in [0.2, 0.25) is 5.56 Å². The summed E-state index contributed by atoms with van der Waals surface area (Å²) in [5.74, 6) is -1.91. The molecule has 0 aliphatic rings. The Kier molecular flexibility index (Phi) is 4.55. The van der Waals surface area contributed by atoms with Crippen LogP contribution in [0.15, 0.2) is 12.1 Å². The predicted octanol–water partition coefficient (Wildman–Crippen LogP) is 1.27. The first-order chi connectivity index (χ1) is 8.25. The monoisotopic (exact) mass is 274 g/mol. The molecule has 0 saturated carbocycles. The van der Waals surface area contributed by atoms with Crippen molar-refractivity contribution < 1.29 is 24.7 Å². The van der Waals surface area contributed by atoms with Gasteiger partial charge >= 0.3 is 5.97 Å². The molecule has 0 bridgehead atoms. The van der Waals surface area contributed by atoms with E-state index in [4.69, 9.17) is 5.11 Å². The van der Waals surface area contributed by atoms with Gasteiger partial charge in [0, 0.05) is 0 Å². The van der Waals surface area contributed by atoms with Crippen LogP contribution in [0.25, 0.3) is 0 Å². The van der Waals surface area contributed by atoms with E-state index >= 15 is 0 Å². The van der Waals surface area contributed by atoms with E-state index in [1.807, 2.05) is 0 Å². The molecule has 0 aliphatic carbocycles. The van der Waals surface area contributed by atoms with Crippen molar-refractivity contribution in [2.24, 2.45) is 0 Å². The van der Waals surface area contributed by atoms with E-state index in [1.54, 1.807) is 0 Å². The molecule has 0 spiro atoms. The summed E-state index contributed by atoms with van der Waals surface area (Å²) in [6.45, 7) is 0. The maximum atomic E-state index is 10.8. The number of nitro groups is 3. The average Bonchev–Trinajstić information content (AvgIpc) is 2.26. The molecule has 0 heterocycles. The summed E-state index contributed by atoms with van der Waals surface area (Å²) in [6, 6.07) is 0.715. The lowest BCUT2D eigenvalue weighted by atomic mass is 10.1. The van der Waals surface area contributed by atoms with Gasteiger partial charge in [-0.05, 0) is 0 Å². The van der Waals surface area contributed by atoms with Gasteiger partial charge in [-0.3, -0.25) is 30.3 Å². The molecule has 0 aliphatic heterocycles. The third-order valence-electron chi connectivity index (χ3n) is 1.90. The van der Waals surface area contributed by atoms with Crippen molar-refractivity contribution in [3.05, 3.63) is 48.0 Å². The summed E-state index contributed by atoms with van der Waals surface area (Å²) in [6.07, 6.45) is 0. The van der Waals surface area contributed by atoms with Gasteiger partial charge < -0.3 is 11.3 Å². The number of hydrogen-bond donors (Lipinski definition) is 2. The van der Waals surface area contributed by atoms with E-state index in [-0.39, 0.29) is 6.15 Å². The average molecular weight is 274 g/mol. The topological polar surface area (TPSA) is 202 Å². The van der Waals surface area contributed by atoms with Crippen LogP contribution < -0.4 is 6.15 Å². The number of aromatic carboxylic acids is 1. The zero-order chi connectivity index (χ0) is 14.0. The lowest BCUT2D eigenvalue weighted by Crippen LogP contribution is -2.08. The summed E-state index contributed by atoms with van der Waals surface area (Å²) in [4.78, 5) is 38.8. The predicted molar refractivity (Wildman–Crippen MR) is 58.4 cm³/mol. The number of non-ortho nitro benzene ring substituents is 1. The zero-order valence-electron chi connectivity index (χ0n) is 9.01. The number of hydrogen-bond acceptors (Lipinski definition) is 8. The highest BCUT2D eigenvalue weighted by molar-refractivity contribution is 5.97. The fourth-order valence-corrected chi connectivity index (χ4v) is 1.21. The van der Waals surface area contributed by atoms with E-state index in [1.165, 1.54) is 0 Å². The van der Waals surface area contributed by atoms with Crippen LogP contribution in [0, 0.1) is 30.3 Å². The van der Waals surface area contributed by atoms with Gasteiger partial charge in [0.15, 0.2) is 0 Å². The van der Waals surface area contributed by atoms with Gasteiger partial charge in [0.1, 0.15) is 0 Å². The molecule has 1 rings (SSSR count). The Hall–Kier alpha value is -3.15. The molecule has 0 unspecified atom stereocenters. The molecule has 0 aromatic heterocycles. The lowest BCUT2D eigenvalue weighted by Gasteiger charge is -2.00. The van der Waals surface area contributed by atoms with Crippen LogP contribution in [-0.2, 0) is 0 Å². The molecule has 12 heteroatoms. The van der Waals surface area contributed by atoms with Crippen LogP contribution in [0.5, 0.6) is 0 Å². The molecule has 102 valence electrons. The van der Waals surface area contributed by atoms with Gasteiger partial charge in [0.05, 0.1) is 26.9 Å². The molecule has 0 radical (unpaired) electrons.